The molecule has 9 heteroatoms. The Morgan fingerprint density at radius 2 is 1.98 bits per heavy atom. The Balaban J connectivity index is 1.46. The van der Waals surface area contributed by atoms with E-state index in [4.69, 9.17) is 15.9 Å². The van der Waals surface area contributed by atoms with Gasteiger partial charge in [0.05, 0.1) is 6.04 Å². The summed E-state index contributed by atoms with van der Waals surface area (Å²) in [6, 6.07) is 19.3. The summed E-state index contributed by atoms with van der Waals surface area (Å²) in [5.74, 6) is -0.0745. The fourth-order valence-corrected chi connectivity index (χ4v) is 6.05. The number of ether oxygens (including phenoxy) is 1. The van der Waals surface area contributed by atoms with E-state index >= 15 is 0 Å². The molecule has 0 spiro atoms. The van der Waals surface area contributed by atoms with Crippen LogP contribution in [0.3, 0.4) is 0 Å². The van der Waals surface area contributed by atoms with Crippen LogP contribution >= 0.6 is 11.3 Å². The molecule has 1 fully saturated rings. The zero-order chi connectivity index (χ0) is 30.6. The van der Waals surface area contributed by atoms with Gasteiger partial charge in [0, 0.05) is 54.7 Å². The van der Waals surface area contributed by atoms with E-state index in [2.05, 4.69) is 15.7 Å². The maximum absolute atomic E-state index is 14.1. The van der Waals surface area contributed by atoms with Crippen molar-refractivity contribution in [1.29, 1.82) is 5.41 Å². The number of thiazole rings is 1. The number of nitrogens with zero attached hydrogens (tertiary/aromatic N) is 4. The van der Waals surface area contributed by atoms with E-state index in [0.717, 1.165) is 40.4 Å². The summed E-state index contributed by atoms with van der Waals surface area (Å²) in [6.45, 7) is 4.31. The first kappa shape index (κ1) is 29.9. The van der Waals surface area contributed by atoms with Gasteiger partial charge in [0.2, 0.25) is 11.8 Å². The molecule has 220 valence electrons. The van der Waals surface area contributed by atoms with Crippen molar-refractivity contribution in [1.82, 2.24) is 14.5 Å². The van der Waals surface area contributed by atoms with Crippen LogP contribution in [0.25, 0.3) is 17.3 Å². The first-order valence-corrected chi connectivity index (χ1v) is 15.1. The molecule has 2 aromatic carbocycles. The van der Waals surface area contributed by atoms with E-state index in [1.165, 1.54) is 0 Å². The minimum absolute atomic E-state index is 0.0502. The summed E-state index contributed by atoms with van der Waals surface area (Å²) in [7, 11) is 3.56. The summed E-state index contributed by atoms with van der Waals surface area (Å²) in [5, 5.41) is 11.7. The number of aliphatic imine (C=N–C) groups is 1. The Morgan fingerprint density at radius 3 is 2.65 bits per heavy atom. The van der Waals surface area contributed by atoms with E-state index in [0.29, 0.717) is 17.7 Å². The summed E-state index contributed by atoms with van der Waals surface area (Å²) in [5.41, 5.74) is 13.1. The Hall–Kier alpha value is -4.56. The molecule has 43 heavy (non-hydrogen) atoms. The van der Waals surface area contributed by atoms with E-state index < -0.39 is 5.54 Å². The number of nitrogens with two attached hydrogens (primary N) is 1. The minimum Gasteiger partial charge on any atom is -0.423 e. The summed E-state index contributed by atoms with van der Waals surface area (Å²) in [6.07, 6.45) is 7.15. The monoisotopic (exact) mass is 592 g/mol. The Morgan fingerprint density at radius 1 is 1.21 bits per heavy atom. The van der Waals surface area contributed by atoms with Crippen LogP contribution in [0, 0.1) is 12.3 Å². The molecular formula is C34H36N6O2S. The Bertz CT molecular complexity index is 1730. The van der Waals surface area contributed by atoms with Crippen molar-refractivity contribution in [2.75, 3.05) is 13.6 Å². The molecule has 2 atom stereocenters. The topological polar surface area (TPSA) is 110 Å². The number of amides is 1. The number of carbonyl (C=O) groups excluding carboxylic acids is 1. The molecule has 3 heterocycles. The number of hydrogen-bond donors (Lipinski definition) is 2. The van der Waals surface area contributed by atoms with Gasteiger partial charge in [-0.15, -0.1) is 17.1 Å². The van der Waals surface area contributed by atoms with Crippen molar-refractivity contribution >= 4 is 35.1 Å². The van der Waals surface area contributed by atoms with Crippen molar-refractivity contribution in [3.63, 3.8) is 0 Å². The molecule has 0 radical (unpaired) electrons. The van der Waals surface area contributed by atoms with Crippen LogP contribution in [0.15, 0.2) is 89.0 Å². The number of aromatic nitrogens is 2. The lowest BCUT2D eigenvalue weighted by molar-refractivity contribution is 0.0735. The molecule has 2 aromatic heterocycles. The van der Waals surface area contributed by atoms with Gasteiger partial charge in [-0.25, -0.2) is 4.98 Å². The normalized spacial score (nSPS) is 16.3. The molecule has 0 bridgehead atoms. The largest absolute Gasteiger partial charge is 0.423 e. The SMILES string of the molecule is CN=C(OC(=N)C(C)(N)C=C=Cc1ccccc1)c1cc(C(=O)N2CCCC2c2nc(C)cs2)cc(-c2cccn2C)c1. The van der Waals surface area contributed by atoms with Gasteiger partial charge in [-0.1, -0.05) is 30.3 Å². The molecule has 5 rings (SSSR count). The van der Waals surface area contributed by atoms with Crippen molar-refractivity contribution in [3.05, 3.63) is 111 Å². The molecule has 1 aliphatic heterocycles. The van der Waals surface area contributed by atoms with Gasteiger partial charge >= 0.3 is 0 Å². The van der Waals surface area contributed by atoms with Crippen molar-refractivity contribution in [2.45, 2.75) is 38.3 Å². The third-order valence-corrected chi connectivity index (χ3v) is 8.49. The number of aryl methyl sites for hydroxylation is 2. The van der Waals surface area contributed by atoms with Gasteiger partial charge in [-0.2, -0.15) is 0 Å². The van der Waals surface area contributed by atoms with Crippen LogP contribution in [-0.4, -0.2) is 51.3 Å². The predicted molar refractivity (Wildman–Crippen MR) is 174 cm³/mol. The van der Waals surface area contributed by atoms with Gasteiger partial charge in [0.1, 0.15) is 10.5 Å². The van der Waals surface area contributed by atoms with Crippen LogP contribution < -0.4 is 5.73 Å². The molecule has 0 saturated carbocycles. The first-order chi connectivity index (χ1) is 20.7. The number of rotatable bonds is 7. The van der Waals surface area contributed by atoms with E-state index in [1.54, 1.807) is 43.5 Å². The highest BCUT2D eigenvalue weighted by atomic mass is 32.1. The van der Waals surface area contributed by atoms with Crippen molar-refractivity contribution in [3.8, 4) is 11.3 Å². The molecular weight excluding hydrogens is 556 g/mol. The number of carbonyl (C=O) groups is 1. The first-order valence-electron chi connectivity index (χ1n) is 14.2. The third-order valence-electron chi connectivity index (χ3n) is 7.43. The Labute approximate surface area is 256 Å². The standard InChI is InChI=1S/C34H36N6O2S/c1-23-22-43-31(38-23)29-15-10-18-40(29)32(41)27-20-25(28-14-9-17-39(28)4)19-26(21-27)30(37-3)42-33(35)34(2,36)16-8-13-24-11-6-5-7-12-24/h5-7,9,11-14,16-17,19-22,29,35H,10,15,18,36H2,1-4H3. The summed E-state index contributed by atoms with van der Waals surface area (Å²) >= 11 is 1.60. The lowest BCUT2D eigenvalue weighted by Gasteiger charge is -2.24. The summed E-state index contributed by atoms with van der Waals surface area (Å²) in [4.78, 5) is 25.0. The summed E-state index contributed by atoms with van der Waals surface area (Å²) < 4.78 is 7.99. The highest BCUT2D eigenvalue weighted by Gasteiger charge is 2.33. The fraction of sp³-hybridized carbons (Fsp3) is 0.265. The van der Waals surface area contributed by atoms with Gasteiger partial charge < -0.3 is 19.9 Å². The Kier molecular flexibility index (Phi) is 8.87. The minimum atomic E-state index is -1.25. The van der Waals surface area contributed by atoms with Crippen LogP contribution in [0.4, 0.5) is 0 Å². The maximum Gasteiger partial charge on any atom is 0.254 e. The molecule has 3 N–H and O–H groups in total. The van der Waals surface area contributed by atoms with E-state index in [9.17, 15) is 4.79 Å². The molecule has 1 aliphatic rings. The molecule has 2 unspecified atom stereocenters. The van der Waals surface area contributed by atoms with Gasteiger partial charge in [0.25, 0.3) is 5.91 Å². The predicted octanol–water partition coefficient (Wildman–Crippen LogP) is 6.39. The van der Waals surface area contributed by atoms with Crippen molar-refractivity contribution < 1.29 is 9.53 Å². The van der Waals surface area contributed by atoms with Gasteiger partial charge in [-0.05, 0) is 80.3 Å². The molecule has 8 nitrogen and oxygen atoms in total. The molecule has 1 saturated heterocycles. The second kappa shape index (κ2) is 12.8. The van der Waals surface area contributed by atoms with Crippen LogP contribution in [0.2, 0.25) is 0 Å². The number of hydrogen-bond acceptors (Lipinski definition) is 7. The number of likely N-dealkylation sites (tertiary alicyclic amines) is 1. The zero-order valence-corrected chi connectivity index (χ0v) is 25.7. The van der Waals surface area contributed by atoms with Crippen LogP contribution in [0.5, 0.6) is 0 Å². The third kappa shape index (κ3) is 6.75. The zero-order valence-electron chi connectivity index (χ0n) is 24.9. The number of benzene rings is 2. The average Bonchev–Trinajstić information content (AvgIpc) is 3.76. The van der Waals surface area contributed by atoms with Gasteiger partial charge in [-0.3, -0.25) is 15.2 Å². The molecule has 4 aromatic rings. The lowest BCUT2D eigenvalue weighted by atomic mass is 10.0. The highest BCUT2D eigenvalue weighted by Crippen LogP contribution is 2.35. The lowest BCUT2D eigenvalue weighted by Crippen LogP contribution is -2.44. The highest BCUT2D eigenvalue weighted by molar-refractivity contribution is 7.09. The smallest absolute Gasteiger partial charge is 0.254 e. The second-order valence-corrected chi connectivity index (χ2v) is 11.8. The molecule has 0 aliphatic carbocycles. The maximum atomic E-state index is 14.1. The van der Waals surface area contributed by atoms with Crippen molar-refractivity contribution in [2.24, 2.45) is 17.8 Å². The van der Waals surface area contributed by atoms with E-state index in [1.807, 2.05) is 89.6 Å². The fourth-order valence-electron chi connectivity index (χ4n) is 5.11. The van der Waals surface area contributed by atoms with Gasteiger partial charge in [0.15, 0.2) is 0 Å². The van der Waals surface area contributed by atoms with Crippen LogP contribution in [-0.2, 0) is 11.8 Å². The van der Waals surface area contributed by atoms with Crippen LogP contribution in [0.1, 0.15) is 58.0 Å². The second-order valence-electron chi connectivity index (χ2n) is 10.9. The van der Waals surface area contributed by atoms with E-state index in [-0.39, 0.29) is 23.7 Å². The average molecular weight is 593 g/mol. The quantitative estimate of drug-likeness (QED) is 0.147. The number of nitrogens with one attached hydrogen (secondary N) is 1. The molecule has 1 amide bonds.